The van der Waals surface area contributed by atoms with E-state index < -0.39 is 0 Å². The molecule has 1 aromatic heterocycles. The van der Waals surface area contributed by atoms with Crippen LogP contribution >= 0.6 is 0 Å². The highest BCUT2D eigenvalue weighted by atomic mass is 16.5. The molecule has 0 aliphatic carbocycles. The van der Waals surface area contributed by atoms with Crippen molar-refractivity contribution in [1.82, 2.24) is 9.78 Å². The third kappa shape index (κ3) is 3.28. The van der Waals surface area contributed by atoms with E-state index in [9.17, 15) is 0 Å². The van der Waals surface area contributed by atoms with Crippen LogP contribution in [-0.2, 0) is 13.1 Å². The van der Waals surface area contributed by atoms with Crippen LogP contribution in [0.4, 0.5) is 5.69 Å². The summed E-state index contributed by atoms with van der Waals surface area (Å²) in [4.78, 5) is 0. The van der Waals surface area contributed by atoms with Crippen molar-refractivity contribution in [1.29, 1.82) is 0 Å². The molecule has 4 nitrogen and oxygen atoms in total. The Hall–Kier alpha value is -1.97. The molecule has 0 radical (unpaired) electrons. The first-order chi connectivity index (χ1) is 9.24. The molecule has 0 atom stereocenters. The second-order valence-corrected chi connectivity index (χ2v) is 4.56. The van der Waals surface area contributed by atoms with Crippen molar-refractivity contribution in [2.24, 2.45) is 0 Å². The average Bonchev–Trinajstić information content (AvgIpc) is 2.77. The average molecular weight is 259 g/mol. The molecule has 0 saturated heterocycles. The molecule has 1 heterocycles. The first-order valence-corrected chi connectivity index (χ1v) is 6.64. The highest BCUT2D eigenvalue weighted by molar-refractivity contribution is 5.47. The Kier molecular flexibility index (Phi) is 4.44. The fourth-order valence-electron chi connectivity index (χ4n) is 2.07. The predicted molar refractivity (Wildman–Crippen MR) is 77.6 cm³/mol. The number of nitrogens with zero attached hydrogens (tertiary/aromatic N) is 2. The van der Waals surface area contributed by atoms with Crippen LogP contribution in [0, 0.1) is 6.92 Å². The Labute approximate surface area is 114 Å². The Bertz CT molecular complexity index is 534. The van der Waals surface area contributed by atoms with Crippen LogP contribution < -0.4 is 10.1 Å². The molecule has 2 aromatic rings. The number of nitrogens with one attached hydrogen (secondary N) is 1. The molecule has 2 rings (SSSR count). The van der Waals surface area contributed by atoms with Gasteiger partial charge in [0.05, 0.1) is 18.5 Å². The normalized spacial score (nSPS) is 10.5. The minimum Gasteiger partial charge on any atom is -0.496 e. The van der Waals surface area contributed by atoms with Crippen molar-refractivity contribution in [3.8, 4) is 5.75 Å². The van der Waals surface area contributed by atoms with E-state index in [2.05, 4.69) is 29.6 Å². The van der Waals surface area contributed by atoms with Crippen LogP contribution in [0.15, 0.2) is 30.5 Å². The van der Waals surface area contributed by atoms with Gasteiger partial charge in [-0.05, 0) is 19.4 Å². The van der Waals surface area contributed by atoms with Crippen LogP contribution in [0.25, 0.3) is 0 Å². The first kappa shape index (κ1) is 13.5. The van der Waals surface area contributed by atoms with Crippen molar-refractivity contribution >= 4 is 5.69 Å². The molecule has 0 aliphatic heterocycles. The van der Waals surface area contributed by atoms with Crippen LogP contribution in [-0.4, -0.2) is 16.9 Å². The number of hydrogen-bond acceptors (Lipinski definition) is 3. The largest absolute Gasteiger partial charge is 0.496 e. The summed E-state index contributed by atoms with van der Waals surface area (Å²) in [6, 6.07) is 8.04. The van der Waals surface area contributed by atoms with Crippen molar-refractivity contribution in [2.45, 2.75) is 33.4 Å². The molecule has 0 saturated carbocycles. The highest BCUT2D eigenvalue weighted by Crippen LogP contribution is 2.20. The number of rotatable bonds is 6. The van der Waals surface area contributed by atoms with E-state index >= 15 is 0 Å². The van der Waals surface area contributed by atoms with Gasteiger partial charge in [-0.3, -0.25) is 4.68 Å². The summed E-state index contributed by atoms with van der Waals surface area (Å²) in [7, 11) is 1.70. The lowest BCUT2D eigenvalue weighted by molar-refractivity contribution is 0.410. The summed E-state index contributed by atoms with van der Waals surface area (Å²) in [5.74, 6) is 0.911. The van der Waals surface area contributed by atoms with Crippen molar-refractivity contribution < 1.29 is 4.74 Å². The number of para-hydroxylation sites is 1. The topological polar surface area (TPSA) is 39.1 Å². The Morgan fingerprint density at radius 3 is 2.84 bits per heavy atom. The second-order valence-electron chi connectivity index (χ2n) is 4.56. The summed E-state index contributed by atoms with van der Waals surface area (Å²) in [5.41, 5.74) is 3.26. The van der Waals surface area contributed by atoms with Crippen LogP contribution in [0.5, 0.6) is 5.75 Å². The van der Waals surface area contributed by atoms with E-state index in [0.29, 0.717) is 0 Å². The second kappa shape index (κ2) is 6.27. The quantitative estimate of drug-likeness (QED) is 0.865. The molecule has 102 valence electrons. The summed E-state index contributed by atoms with van der Waals surface area (Å²) in [6.45, 7) is 5.87. The van der Waals surface area contributed by atoms with Gasteiger partial charge in [0.2, 0.25) is 0 Å². The zero-order chi connectivity index (χ0) is 13.7. The Morgan fingerprint density at radius 1 is 1.32 bits per heavy atom. The first-order valence-electron chi connectivity index (χ1n) is 6.64. The number of aromatic nitrogens is 2. The van der Waals surface area contributed by atoms with Crippen LogP contribution in [0.1, 0.15) is 24.6 Å². The Morgan fingerprint density at radius 2 is 2.11 bits per heavy atom. The van der Waals surface area contributed by atoms with Crippen molar-refractivity contribution in [3.63, 3.8) is 0 Å². The third-order valence-electron chi connectivity index (χ3n) is 3.06. The maximum atomic E-state index is 5.35. The maximum Gasteiger partial charge on any atom is 0.123 e. The lowest BCUT2D eigenvalue weighted by Crippen LogP contribution is -2.01. The third-order valence-corrected chi connectivity index (χ3v) is 3.06. The SMILES string of the molecule is CCCn1cc(NCc2ccccc2OC)c(C)n1. The number of aryl methyl sites for hydroxylation is 2. The highest BCUT2D eigenvalue weighted by Gasteiger charge is 2.06. The van der Waals surface area contributed by atoms with E-state index in [1.807, 2.05) is 29.8 Å². The van der Waals surface area contributed by atoms with Gasteiger partial charge in [-0.2, -0.15) is 5.10 Å². The molecule has 0 fully saturated rings. The Balaban J connectivity index is 2.05. The number of benzene rings is 1. The van der Waals surface area contributed by atoms with Crippen LogP contribution in [0.2, 0.25) is 0 Å². The number of ether oxygens (including phenoxy) is 1. The lowest BCUT2D eigenvalue weighted by atomic mass is 10.2. The van der Waals surface area contributed by atoms with Gasteiger partial charge in [-0.25, -0.2) is 0 Å². The minimum absolute atomic E-state index is 0.739. The minimum atomic E-state index is 0.739. The zero-order valence-electron chi connectivity index (χ0n) is 11.8. The monoisotopic (exact) mass is 259 g/mol. The molecule has 1 N–H and O–H groups in total. The van der Waals surface area contributed by atoms with E-state index in [1.54, 1.807) is 7.11 Å². The van der Waals surface area contributed by atoms with Gasteiger partial charge >= 0.3 is 0 Å². The number of hydrogen-bond donors (Lipinski definition) is 1. The van der Waals surface area contributed by atoms with Gasteiger partial charge in [0, 0.05) is 24.8 Å². The maximum absolute atomic E-state index is 5.35. The molecule has 4 heteroatoms. The smallest absolute Gasteiger partial charge is 0.123 e. The van der Waals surface area contributed by atoms with Gasteiger partial charge in [0.1, 0.15) is 5.75 Å². The summed E-state index contributed by atoms with van der Waals surface area (Å²) >= 11 is 0. The van der Waals surface area contributed by atoms with Gasteiger partial charge in [-0.1, -0.05) is 25.1 Å². The fourth-order valence-corrected chi connectivity index (χ4v) is 2.07. The molecule has 0 aliphatic rings. The van der Waals surface area contributed by atoms with Crippen molar-refractivity contribution in [3.05, 3.63) is 41.7 Å². The van der Waals surface area contributed by atoms with E-state index in [1.165, 1.54) is 0 Å². The van der Waals surface area contributed by atoms with Gasteiger partial charge in [0.15, 0.2) is 0 Å². The van der Waals surface area contributed by atoms with Gasteiger partial charge in [0.25, 0.3) is 0 Å². The van der Waals surface area contributed by atoms with Crippen LogP contribution in [0.3, 0.4) is 0 Å². The molecule has 0 unspecified atom stereocenters. The van der Waals surface area contributed by atoms with Gasteiger partial charge in [-0.15, -0.1) is 0 Å². The summed E-state index contributed by atoms with van der Waals surface area (Å²) in [5, 5.41) is 7.90. The number of anilines is 1. The van der Waals surface area contributed by atoms with E-state index in [-0.39, 0.29) is 0 Å². The summed E-state index contributed by atoms with van der Waals surface area (Å²) in [6.07, 6.45) is 3.15. The molecule has 0 amide bonds. The van der Waals surface area contributed by atoms with E-state index in [0.717, 1.165) is 42.2 Å². The molecule has 0 spiro atoms. The molecule has 0 bridgehead atoms. The van der Waals surface area contributed by atoms with E-state index in [4.69, 9.17) is 4.74 Å². The van der Waals surface area contributed by atoms with Crippen molar-refractivity contribution in [2.75, 3.05) is 12.4 Å². The lowest BCUT2D eigenvalue weighted by Gasteiger charge is -2.09. The standard InChI is InChI=1S/C15H21N3O/c1-4-9-18-11-14(12(2)17-18)16-10-13-7-5-6-8-15(13)19-3/h5-8,11,16H,4,9-10H2,1-3H3. The molecule has 19 heavy (non-hydrogen) atoms. The molecular formula is C15H21N3O. The fraction of sp³-hybridized carbons (Fsp3) is 0.400. The number of methoxy groups -OCH3 is 1. The zero-order valence-corrected chi connectivity index (χ0v) is 11.8. The summed E-state index contributed by atoms with van der Waals surface area (Å²) < 4.78 is 7.33. The molecule has 1 aromatic carbocycles. The predicted octanol–water partition coefficient (Wildman–Crippen LogP) is 3.22. The van der Waals surface area contributed by atoms with Gasteiger partial charge < -0.3 is 10.1 Å². The molecular weight excluding hydrogens is 238 g/mol.